The summed E-state index contributed by atoms with van der Waals surface area (Å²) in [5.74, 6) is -1.43. The SMILES string of the molecule is CC[C@H](C)NC(=O)[C@@H](C)N(Cc1ccccc1C)C(=O)CN(c1ccc(F)cc1)S(=O)(=O)c1ccc(C)cc1. The third-order valence-corrected chi connectivity index (χ3v) is 8.56. The summed E-state index contributed by atoms with van der Waals surface area (Å²) in [6, 6.07) is 17.8. The second kappa shape index (κ2) is 12.9. The highest BCUT2D eigenvalue weighted by molar-refractivity contribution is 7.92. The molecule has 39 heavy (non-hydrogen) atoms. The van der Waals surface area contributed by atoms with Crippen LogP contribution in [0.25, 0.3) is 0 Å². The monoisotopic (exact) mass is 553 g/mol. The Bertz CT molecular complexity index is 1390. The van der Waals surface area contributed by atoms with E-state index in [9.17, 15) is 22.4 Å². The number of benzene rings is 3. The molecule has 0 aliphatic heterocycles. The first-order valence-electron chi connectivity index (χ1n) is 12.9. The first-order chi connectivity index (χ1) is 18.4. The molecule has 0 aromatic heterocycles. The van der Waals surface area contributed by atoms with Crippen LogP contribution in [-0.4, -0.2) is 43.8 Å². The van der Waals surface area contributed by atoms with Gasteiger partial charge in [0, 0.05) is 12.6 Å². The van der Waals surface area contributed by atoms with Gasteiger partial charge in [-0.15, -0.1) is 0 Å². The summed E-state index contributed by atoms with van der Waals surface area (Å²) in [5, 5.41) is 2.91. The summed E-state index contributed by atoms with van der Waals surface area (Å²) in [6.45, 7) is 8.74. The van der Waals surface area contributed by atoms with E-state index in [0.717, 1.165) is 39.5 Å². The number of nitrogens with one attached hydrogen (secondary N) is 1. The van der Waals surface area contributed by atoms with E-state index in [1.54, 1.807) is 19.1 Å². The number of aryl methyl sites for hydroxylation is 2. The molecule has 0 unspecified atom stereocenters. The van der Waals surface area contributed by atoms with Gasteiger partial charge in [0.15, 0.2) is 0 Å². The summed E-state index contributed by atoms with van der Waals surface area (Å²) in [6.07, 6.45) is 0.720. The van der Waals surface area contributed by atoms with Crippen molar-refractivity contribution in [2.75, 3.05) is 10.8 Å². The van der Waals surface area contributed by atoms with Crippen molar-refractivity contribution in [1.29, 1.82) is 0 Å². The lowest BCUT2D eigenvalue weighted by Crippen LogP contribution is -2.52. The van der Waals surface area contributed by atoms with Crippen molar-refractivity contribution in [3.63, 3.8) is 0 Å². The molecule has 3 rings (SSSR count). The van der Waals surface area contributed by atoms with E-state index >= 15 is 0 Å². The van der Waals surface area contributed by atoms with E-state index in [1.165, 1.54) is 29.2 Å². The van der Waals surface area contributed by atoms with E-state index in [4.69, 9.17) is 0 Å². The molecule has 0 aliphatic carbocycles. The Hall–Kier alpha value is -3.72. The van der Waals surface area contributed by atoms with Gasteiger partial charge < -0.3 is 10.2 Å². The van der Waals surface area contributed by atoms with E-state index in [0.29, 0.717) is 0 Å². The van der Waals surface area contributed by atoms with Crippen LogP contribution in [0.3, 0.4) is 0 Å². The van der Waals surface area contributed by atoms with Gasteiger partial charge in [0.2, 0.25) is 11.8 Å². The number of halogens is 1. The zero-order valence-electron chi connectivity index (χ0n) is 23.0. The van der Waals surface area contributed by atoms with Gasteiger partial charge in [-0.05, 0) is 81.6 Å². The summed E-state index contributed by atoms with van der Waals surface area (Å²) in [7, 11) is -4.20. The standard InChI is InChI=1S/C30H36FN3O4S/c1-6-23(4)32-30(36)24(5)33(19-25-10-8-7-9-22(25)3)29(35)20-34(27-15-13-26(31)14-16-27)39(37,38)28-17-11-21(2)12-18-28/h7-18,23-24H,6,19-20H2,1-5H3,(H,32,36)/t23-,24+/m0/s1. The lowest BCUT2D eigenvalue weighted by molar-refractivity contribution is -0.139. The fraction of sp³-hybridized carbons (Fsp3) is 0.333. The first kappa shape index (κ1) is 29.8. The van der Waals surface area contributed by atoms with Gasteiger partial charge in [-0.3, -0.25) is 13.9 Å². The largest absolute Gasteiger partial charge is 0.352 e. The van der Waals surface area contributed by atoms with E-state index in [-0.39, 0.29) is 29.1 Å². The smallest absolute Gasteiger partial charge is 0.264 e. The van der Waals surface area contributed by atoms with Crippen LogP contribution in [-0.2, 0) is 26.2 Å². The maximum absolute atomic E-state index is 13.9. The lowest BCUT2D eigenvalue weighted by atomic mass is 10.1. The van der Waals surface area contributed by atoms with E-state index in [2.05, 4.69) is 5.32 Å². The predicted octanol–water partition coefficient (Wildman–Crippen LogP) is 4.97. The van der Waals surface area contributed by atoms with Crippen molar-refractivity contribution in [2.24, 2.45) is 0 Å². The quantitative estimate of drug-likeness (QED) is 0.363. The topological polar surface area (TPSA) is 86.8 Å². The fourth-order valence-corrected chi connectivity index (χ4v) is 5.41. The molecule has 7 nitrogen and oxygen atoms in total. The third-order valence-electron chi connectivity index (χ3n) is 6.77. The number of hydrogen-bond donors (Lipinski definition) is 1. The van der Waals surface area contributed by atoms with E-state index < -0.39 is 34.3 Å². The molecular weight excluding hydrogens is 517 g/mol. The van der Waals surface area contributed by atoms with Crippen LogP contribution in [0.15, 0.2) is 77.7 Å². The van der Waals surface area contributed by atoms with Crippen molar-refractivity contribution >= 4 is 27.5 Å². The Kier molecular flexibility index (Phi) is 9.86. The molecule has 0 radical (unpaired) electrons. The van der Waals surface area contributed by atoms with Gasteiger partial charge in [0.25, 0.3) is 10.0 Å². The molecule has 9 heteroatoms. The molecular formula is C30H36FN3O4S. The fourth-order valence-electron chi connectivity index (χ4n) is 3.99. The number of hydrogen-bond acceptors (Lipinski definition) is 4. The van der Waals surface area contributed by atoms with Crippen LogP contribution in [0.5, 0.6) is 0 Å². The van der Waals surface area contributed by atoms with Crippen molar-refractivity contribution in [1.82, 2.24) is 10.2 Å². The molecule has 0 fully saturated rings. The Balaban J connectivity index is 2.03. The van der Waals surface area contributed by atoms with Crippen LogP contribution in [0.1, 0.15) is 43.9 Å². The average molecular weight is 554 g/mol. The van der Waals surface area contributed by atoms with Crippen LogP contribution in [0.4, 0.5) is 10.1 Å². The van der Waals surface area contributed by atoms with Gasteiger partial charge in [-0.25, -0.2) is 12.8 Å². The van der Waals surface area contributed by atoms with Crippen LogP contribution < -0.4 is 9.62 Å². The van der Waals surface area contributed by atoms with Crippen molar-refractivity contribution in [3.8, 4) is 0 Å². The zero-order chi connectivity index (χ0) is 28.7. The van der Waals surface area contributed by atoms with Crippen molar-refractivity contribution in [2.45, 2.75) is 64.6 Å². The second-order valence-electron chi connectivity index (χ2n) is 9.74. The highest BCUT2D eigenvalue weighted by Crippen LogP contribution is 2.25. The molecule has 0 saturated carbocycles. The Morgan fingerprint density at radius 1 is 0.923 bits per heavy atom. The maximum atomic E-state index is 13.9. The number of rotatable bonds is 11. The molecule has 0 aliphatic rings. The van der Waals surface area contributed by atoms with Crippen molar-refractivity contribution < 1.29 is 22.4 Å². The first-order valence-corrected chi connectivity index (χ1v) is 14.4. The van der Waals surface area contributed by atoms with Gasteiger partial charge in [-0.2, -0.15) is 0 Å². The van der Waals surface area contributed by atoms with Crippen LogP contribution >= 0.6 is 0 Å². The number of carbonyl (C=O) groups is 2. The highest BCUT2D eigenvalue weighted by Gasteiger charge is 2.33. The van der Waals surface area contributed by atoms with Gasteiger partial charge in [0.05, 0.1) is 10.6 Å². The number of amides is 2. The summed E-state index contributed by atoms with van der Waals surface area (Å²) < 4.78 is 42.2. The molecule has 3 aromatic carbocycles. The highest BCUT2D eigenvalue weighted by atomic mass is 32.2. The van der Waals surface area contributed by atoms with Gasteiger partial charge in [0.1, 0.15) is 18.4 Å². The number of carbonyl (C=O) groups excluding carboxylic acids is 2. The van der Waals surface area contributed by atoms with Gasteiger partial charge in [-0.1, -0.05) is 48.9 Å². The molecule has 3 aromatic rings. The molecule has 0 heterocycles. The molecule has 2 amide bonds. The third kappa shape index (κ3) is 7.44. The summed E-state index contributed by atoms with van der Waals surface area (Å²) >= 11 is 0. The molecule has 0 bridgehead atoms. The van der Waals surface area contributed by atoms with Crippen molar-refractivity contribution in [3.05, 3.63) is 95.3 Å². The second-order valence-corrected chi connectivity index (χ2v) is 11.6. The number of nitrogens with zero attached hydrogens (tertiary/aromatic N) is 2. The normalized spacial score (nSPS) is 12.9. The zero-order valence-corrected chi connectivity index (χ0v) is 23.8. The number of anilines is 1. The van der Waals surface area contributed by atoms with E-state index in [1.807, 2.05) is 52.0 Å². The molecule has 0 spiro atoms. The number of sulfonamides is 1. The minimum absolute atomic E-state index is 0.00163. The molecule has 0 saturated heterocycles. The minimum Gasteiger partial charge on any atom is -0.352 e. The van der Waals surface area contributed by atoms with Gasteiger partial charge >= 0.3 is 0 Å². The average Bonchev–Trinajstić information content (AvgIpc) is 2.91. The lowest BCUT2D eigenvalue weighted by Gasteiger charge is -2.32. The minimum atomic E-state index is -4.20. The summed E-state index contributed by atoms with van der Waals surface area (Å²) in [5.41, 5.74) is 2.79. The summed E-state index contributed by atoms with van der Waals surface area (Å²) in [4.78, 5) is 28.4. The Labute approximate surface area is 230 Å². The molecule has 1 N–H and O–H groups in total. The Morgan fingerprint density at radius 3 is 2.13 bits per heavy atom. The van der Waals surface area contributed by atoms with Crippen LogP contribution in [0.2, 0.25) is 0 Å². The maximum Gasteiger partial charge on any atom is 0.264 e. The molecule has 2 atom stereocenters. The van der Waals surface area contributed by atoms with Crippen LogP contribution in [0, 0.1) is 19.7 Å². The predicted molar refractivity (Wildman–Crippen MR) is 151 cm³/mol. The Morgan fingerprint density at radius 2 is 1.54 bits per heavy atom. The molecule has 208 valence electrons.